The average Bonchev–Trinajstić information content (AvgIpc) is 3.21. The minimum absolute atomic E-state index is 0.253. The van der Waals surface area contributed by atoms with Crippen LogP contribution in [0, 0.1) is 0 Å². The summed E-state index contributed by atoms with van der Waals surface area (Å²) in [7, 11) is 0. The second-order valence-electron chi connectivity index (χ2n) is 17.4. The molecule has 8 atom stereocenters. The van der Waals surface area contributed by atoms with Crippen LogP contribution in [0.1, 0.15) is 232 Å². The standard InChI is InChI=1S/C47H93NO9/c1-3-5-7-9-11-13-15-17-18-19-20-21-22-23-24-26-28-30-32-34-36-42(51)48-39(38-56-47-46(55)45(54)44(53)41(37-49)57-47)43(52)40(50)35-33-31-29-27-25-16-14-12-10-8-6-4-2/h39-41,43-47,49-50,52-55H,3-38H2,1-2H3,(H,48,51)/t39-,40+,41+,43-,44-,45-,46+,47-/m0/s1. The zero-order valence-corrected chi connectivity index (χ0v) is 37.0. The predicted molar refractivity (Wildman–Crippen MR) is 232 cm³/mol. The van der Waals surface area contributed by atoms with E-state index in [0.717, 1.165) is 38.5 Å². The first-order chi connectivity index (χ1) is 27.8. The first kappa shape index (κ1) is 54.2. The molecule has 0 aromatic carbocycles. The number of unbranched alkanes of at least 4 members (excludes halogenated alkanes) is 30. The molecule has 0 aromatic rings. The van der Waals surface area contributed by atoms with E-state index < -0.39 is 55.6 Å². The van der Waals surface area contributed by atoms with Crippen LogP contribution in [0.15, 0.2) is 0 Å². The van der Waals surface area contributed by atoms with Gasteiger partial charge in [0.2, 0.25) is 5.91 Å². The molecule has 1 heterocycles. The fourth-order valence-electron chi connectivity index (χ4n) is 8.08. The molecule has 57 heavy (non-hydrogen) atoms. The van der Waals surface area contributed by atoms with Crippen LogP contribution in [0.2, 0.25) is 0 Å². The van der Waals surface area contributed by atoms with E-state index in [0.29, 0.717) is 6.42 Å². The van der Waals surface area contributed by atoms with Crippen LogP contribution in [0.5, 0.6) is 0 Å². The zero-order chi connectivity index (χ0) is 41.8. The molecule has 1 rings (SSSR count). The van der Waals surface area contributed by atoms with Crippen LogP contribution in [0.4, 0.5) is 0 Å². The summed E-state index contributed by atoms with van der Waals surface area (Å²) < 4.78 is 11.2. The quantitative estimate of drug-likeness (QED) is 0.0298. The normalized spacial score (nSPS) is 21.4. The number of rotatable bonds is 41. The molecule has 0 bridgehead atoms. The lowest BCUT2D eigenvalue weighted by molar-refractivity contribution is -0.303. The first-order valence-electron chi connectivity index (χ1n) is 24.3. The van der Waals surface area contributed by atoms with Crippen molar-refractivity contribution in [3.8, 4) is 0 Å². The fraction of sp³-hybridized carbons (Fsp3) is 0.979. The van der Waals surface area contributed by atoms with Crippen LogP contribution >= 0.6 is 0 Å². The fourth-order valence-corrected chi connectivity index (χ4v) is 8.08. The summed E-state index contributed by atoms with van der Waals surface area (Å²) in [5.74, 6) is -0.253. The molecule has 10 nitrogen and oxygen atoms in total. The van der Waals surface area contributed by atoms with E-state index in [1.54, 1.807) is 0 Å². The number of amides is 1. The SMILES string of the molecule is CCCCCCCCCCCCCCCCCCCCCCC(=O)N[C@@H](CO[C@H]1O[C@H](CO)[C@H](O)[C@H](O)[C@H]1O)[C@H](O)[C@H](O)CCCCCCCCCCCCCC. The lowest BCUT2D eigenvalue weighted by Gasteiger charge is -2.40. The van der Waals surface area contributed by atoms with Crippen molar-refractivity contribution in [1.29, 1.82) is 0 Å². The summed E-state index contributed by atoms with van der Waals surface area (Å²) in [6, 6.07) is -0.984. The van der Waals surface area contributed by atoms with E-state index in [4.69, 9.17) is 9.47 Å². The third kappa shape index (κ3) is 28.3. The second-order valence-corrected chi connectivity index (χ2v) is 17.4. The Balaban J connectivity index is 2.32. The minimum atomic E-state index is -1.60. The topological polar surface area (TPSA) is 169 Å². The monoisotopic (exact) mass is 816 g/mol. The number of aliphatic hydroxyl groups excluding tert-OH is 6. The maximum atomic E-state index is 13.0. The average molecular weight is 816 g/mol. The van der Waals surface area contributed by atoms with Crippen molar-refractivity contribution in [3.05, 3.63) is 0 Å². The summed E-state index contributed by atoms with van der Waals surface area (Å²) in [6.45, 7) is 3.62. The molecule has 0 aliphatic carbocycles. The predicted octanol–water partition coefficient (Wildman–Crippen LogP) is 9.31. The molecule has 1 saturated heterocycles. The molecule has 0 unspecified atom stereocenters. The molecular formula is C47H93NO9. The summed E-state index contributed by atoms with van der Waals surface area (Å²) in [6.07, 6.45) is 31.1. The smallest absolute Gasteiger partial charge is 0.220 e. The number of aliphatic hydroxyl groups is 6. The van der Waals surface area contributed by atoms with Crippen molar-refractivity contribution in [3.63, 3.8) is 0 Å². The van der Waals surface area contributed by atoms with E-state index >= 15 is 0 Å². The minimum Gasteiger partial charge on any atom is -0.394 e. The second kappa shape index (κ2) is 38.1. The Morgan fingerprint density at radius 1 is 0.544 bits per heavy atom. The number of carbonyl (C=O) groups is 1. The number of hydrogen-bond donors (Lipinski definition) is 7. The maximum Gasteiger partial charge on any atom is 0.220 e. The first-order valence-corrected chi connectivity index (χ1v) is 24.3. The number of nitrogens with one attached hydrogen (secondary N) is 1. The summed E-state index contributed by atoms with van der Waals surface area (Å²) in [5, 5.41) is 65.2. The Morgan fingerprint density at radius 2 is 0.912 bits per heavy atom. The molecule has 1 fully saturated rings. The van der Waals surface area contributed by atoms with Crippen LogP contribution in [0.25, 0.3) is 0 Å². The van der Waals surface area contributed by atoms with Gasteiger partial charge in [-0.2, -0.15) is 0 Å². The van der Waals surface area contributed by atoms with Crippen LogP contribution in [-0.2, 0) is 14.3 Å². The van der Waals surface area contributed by atoms with Crippen LogP contribution < -0.4 is 5.32 Å². The molecule has 0 radical (unpaired) electrons. The van der Waals surface area contributed by atoms with Gasteiger partial charge >= 0.3 is 0 Å². The molecule has 0 spiro atoms. The van der Waals surface area contributed by atoms with Crippen molar-refractivity contribution < 1.29 is 44.9 Å². The molecule has 1 amide bonds. The Bertz CT molecular complexity index is 880. The van der Waals surface area contributed by atoms with E-state index in [1.807, 2.05) is 0 Å². The van der Waals surface area contributed by atoms with Crippen LogP contribution in [-0.4, -0.2) is 98.7 Å². The van der Waals surface area contributed by atoms with Gasteiger partial charge in [-0.05, 0) is 12.8 Å². The molecule has 10 heteroatoms. The summed E-state index contributed by atoms with van der Waals surface area (Å²) in [4.78, 5) is 13.0. The van der Waals surface area contributed by atoms with Crippen molar-refractivity contribution in [1.82, 2.24) is 5.32 Å². The van der Waals surface area contributed by atoms with Crippen molar-refractivity contribution >= 4 is 5.91 Å². The molecule has 1 aliphatic heterocycles. The highest BCUT2D eigenvalue weighted by Crippen LogP contribution is 2.23. The Labute approximate surface area is 349 Å². The highest BCUT2D eigenvalue weighted by Gasteiger charge is 2.44. The van der Waals surface area contributed by atoms with Gasteiger partial charge in [0.05, 0.1) is 25.4 Å². The third-order valence-corrected chi connectivity index (χ3v) is 12.1. The number of ether oxygens (including phenoxy) is 2. The summed E-state index contributed by atoms with van der Waals surface area (Å²) in [5.41, 5.74) is 0. The Hall–Kier alpha value is -0.850. The summed E-state index contributed by atoms with van der Waals surface area (Å²) >= 11 is 0. The van der Waals surface area contributed by atoms with E-state index in [1.165, 1.54) is 167 Å². The number of carbonyl (C=O) groups excluding carboxylic acids is 1. The molecule has 0 saturated carbocycles. The molecule has 340 valence electrons. The van der Waals surface area contributed by atoms with E-state index in [-0.39, 0.29) is 18.9 Å². The molecule has 0 aromatic heterocycles. The van der Waals surface area contributed by atoms with E-state index in [9.17, 15) is 35.4 Å². The lowest BCUT2D eigenvalue weighted by Crippen LogP contribution is -2.60. The van der Waals surface area contributed by atoms with Gasteiger partial charge in [0.1, 0.15) is 30.5 Å². The largest absolute Gasteiger partial charge is 0.394 e. The van der Waals surface area contributed by atoms with Gasteiger partial charge in [0.15, 0.2) is 6.29 Å². The van der Waals surface area contributed by atoms with Crippen molar-refractivity contribution in [2.24, 2.45) is 0 Å². The highest BCUT2D eigenvalue weighted by molar-refractivity contribution is 5.76. The zero-order valence-electron chi connectivity index (χ0n) is 37.0. The van der Waals surface area contributed by atoms with Gasteiger partial charge in [-0.25, -0.2) is 0 Å². The third-order valence-electron chi connectivity index (χ3n) is 12.1. The molecular weight excluding hydrogens is 723 g/mol. The van der Waals surface area contributed by atoms with E-state index in [2.05, 4.69) is 19.2 Å². The Morgan fingerprint density at radius 3 is 1.30 bits per heavy atom. The molecule has 7 N–H and O–H groups in total. The maximum absolute atomic E-state index is 13.0. The van der Waals surface area contributed by atoms with Gasteiger partial charge < -0.3 is 45.4 Å². The van der Waals surface area contributed by atoms with Crippen molar-refractivity contribution in [2.45, 2.75) is 281 Å². The lowest BCUT2D eigenvalue weighted by atomic mass is 9.98. The van der Waals surface area contributed by atoms with Gasteiger partial charge in [0, 0.05) is 6.42 Å². The van der Waals surface area contributed by atoms with Crippen molar-refractivity contribution in [2.75, 3.05) is 13.2 Å². The number of hydrogen-bond acceptors (Lipinski definition) is 9. The highest BCUT2D eigenvalue weighted by atomic mass is 16.7. The van der Waals surface area contributed by atoms with Crippen LogP contribution in [0.3, 0.4) is 0 Å². The Kier molecular flexibility index (Phi) is 36.2. The van der Waals surface area contributed by atoms with Gasteiger partial charge in [0.25, 0.3) is 0 Å². The molecule has 1 aliphatic rings. The van der Waals surface area contributed by atoms with Gasteiger partial charge in [-0.15, -0.1) is 0 Å². The van der Waals surface area contributed by atoms with Gasteiger partial charge in [-0.1, -0.05) is 213 Å². The van der Waals surface area contributed by atoms with Gasteiger partial charge in [-0.3, -0.25) is 4.79 Å².